The molecule has 1 rings (SSSR count). The molecule has 0 fully saturated rings. The monoisotopic (exact) mass is 374 g/mol. The molecule has 0 aliphatic heterocycles. The van der Waals surface area contributed by atoms with Gasteiger partial charge in [0.05, 0.1) is 11.7 Å². The molecule has 3 heteroatoms. The second kappa shape index (κ2) is 15.7. The van der Waals surface area contributed by atoms with Crippen LogP contribution in [0.2, 0.25) is 0 Å². The van der Waals surface area contributed by atoms with Crippen LogP contribution in [0.3, 0.4) is 0 Å². The summed E-state index contributed by atoms with van der Waals surface area (Å²) in [6.07, 6.45) is 19.0. The van der Waals surface area contributed by atoms with Crippen molar-refractivity contribution < 1.29 is 4.79 Å². The molecule has 0 aliphatic carbocycles. The topological polar surface area (TPSA) is 42.0 Å². The lowest BCUT2D eigenvalue weighted by molar-refractivity contribution is -0.125. The van der Waals surface area contributed by atoms with Crippen LogP contribution < -0.4 is 5.32 Å². The number of carbonyl (C=O) groups excluding carboxylic acids is 1. The van der Waals surface area contributed by atoms with Gasteiger partial charge in [-0.15, -0.1) is 0 Å². The van der Waals surface area contributed by atoms with Gasteiger partial charge in [-0.3, -0.25) is 9.78 Å². The van der Waals surface area contributed by atoms with Crippen molar-refractivity contribution in [3.63, 3.8) is 0 Å². The maximum Gasteiger partial charge on any atom is 0.223 e. The SMILES string of the molecule is CCCCCCCCCCCCCCC(C)C(=O)NC(C)c1ccccn1. The number of rotatable bonds is 16. The van der Waals surface area contributed by atoms with Crippen LogP contribution >= 0.6 is 0 Å². The van der Waals surface area contributed by atoms with Gasteiger partial charge in [0.1, 0.15) is 0 Å². The van der Waals surface area contributed by atoms with Gasteiger partial charge in [-0.1, -0.05) is 97.0 Å². The van der Waals surface area contributed by atoms with Crippen molar-refractivity contribution >= 4 is 5.91 Å². The van der Waals surface area contributed by atoms with E-state index in [4.69, 9.17) is 0 Å². The van der Waals surface area contributed by atoms with E-state index >= 15 is 0 Å². The smallest absolute Gasteiger partial charge is 0.223 e. The standard InChI is InChI=1S/C24H42N2O/c1-4-5-6-7-8-9-10-11-12-13-14-15-18-21(2)24(27)26-22(3)23-19-16-17-20-25-23/h16-17,19-22H,4-15,18H2,1-3H3,(H,26,27). The van der Waals surface area contributed by atoms with Crippen molar-refractivity contribution in [1.29, 1.82) is 0 Å². The van der Waals surface area contributed by atoms with Gasteiger partial charge in [0.15, 0.2) is 0 Å². The van der Waals surface area contributed by atoms with E-state index in [-0.39, 0.29) is 17.9 Å². The number of hydrogen-bond donors (Lipinski definition) is 1. The third-order valence-corrected chi connectivity index (χ3v) is 5.43. The molecule has 0 saturated carbocycles. The zero-order valence-corrected chi connectivity index (χ0v) is 18.0. The van der Waals surface area contributed by atoms with Gasteiger partial charge in [-0.25, -0.2) is 0 Å². The molecule has 0 spiro atoms. The first-order valence-corrected chi connectivity index (χ1v) is 11.4. The Labute approximate surface area is 167 Å². The van der Waals surface area contributed by atoms with Crippen molar-refractivity contribution in [2.24, 2.45) is 5.92 Å². The van der Waals surface area contributed by atoms with E-state index in [0.717, 1.165) is 18.5 Å². The Bertz CT molecular complexity index is 475. The van der Waals surface area contributed by atoms with Crippen molar-refractivity contribution in [1.82, 2.24) is 10.3 Å². The molecule has 3 nitrogen and oxygen atoms in total. The Kier molecular flexibility index (Phi) is 13.7. The normalized spacial score (nSPS) is 13.3. The van der Waals surface area contributed by atoms with Crippen LogP contribution in [0.5, 0.6) is 0 Å². The highest BCUT2D eigenvalue weighted by atomic mass is 16.1. The number of unbranched alkanes of at least 4 members (excludes halogenated alkanes) is 11. The molecule has 2 atom stereocenters. The third-order valence-electron chi connectivity index (χ3n) is 5.43. The molecule has 154 valence electrons. The second-order valence-corrected chi connectivity index (χ2v) is 8.06. The largest absolute Gasteiger partial charge is 0.348 e. The van der Waals surface area contributed by atoms with E-state index in [1.54, 1.807) is 6.20 Å². The maximum atomic E-state index is 12.3. The number of pyridine rings is 1. The molecule has 1 N–H and O–H groups in total. The van der Waals surface area contributed by atoms with Crippen LogP contribution in [0.4, 0.5) is 0 Å². The van der Waals surface area contributed by atoms with Gasteiger partial charge in [0.25, 0.3) is 0 Å². The molecular weight excluding hydrogens is 332 g/mol. The first kappa shape index (κ1) is 23.7. The number of aromatic nitrogens is 1. The van der Waals surface area contributed by atoms with Crippen LogP contribution in [0.25, 0.3) is 0 Å². The minimum absolute atomic E-state index is 0.0249. The molecule has 1 heterocycles. The summed E-state index contributed by atoms with van der Waals surface area (Å²) in [6, 6.07) is 5.79. The van der Waals surface area contributed by atoms with Crippen molar-refractivity contribution in [2.75, 3.05) is 0 Å². The molecule has 27 heavy (non-hydrogen) atoms. The molecular formula is C24H42N2O. The fraction of sp³-hybridized carbons (Fsp3) is 0.750. The van der Waals surface area contributed by atoms with E-state index in [1.165, 1.54) is 70.6 Å². The summed E-state index contributed by atoms with van der Waals surface area (Å²) in [4.78, 5) is 16.6. The molecule has 1 amide bonds. The molecule has 0 saturated heterocycles. The molecule has 0 radical (unpaired) electrons. The average Bonchev–Trinajstić information content (AvgIpc) is 2.69. The van der Waals surface area contributed by atoms with E-state index in [2.05, 4.69) is 17.2 Å². The van der Waals surface area contributed by atoms with Crippen LogP contribution in [-0.2, 0) is 4.79 Å². The van der Waals surface area contributed by atoms with Crippen molar-refractivity contribution in [3.05, 3.63) is 30.1 Å². The highest BCUT2D eigenvalue weighted by Gasteiger charge is 2.16. The number of nitrogens with zero attached hydrogens (tertiary/aromatic N) is 1. The zero-order chi connectivity index (χ0) is 19.7. The molecule has 0 bridgehead atoms. The quantitative estimate of drug-likeness (QED) is 0.317. The van der Waals surface area contributed by atoms with Gasteiger partial charge < -0.3 is 5.32 Å². The van der Waals surface area contributed by atoms with E-state index in [0.29, 0.717) is 0 Å². The highest BCUT2D eigenvalue weighted by molar-refractivity contribution is 5.78. The summed E-state index contributed by atoms with van der Waals surface area (Å²) < 4.78 is 0. The van der Waals surface area contributed by atoms with Crippen molar-refractivity contribution in [2.45, 2.75) is 110 Å². The fourth-order valence-electron chi connectivity index (χ4n) is 3.48. The lowest BCUT2D eigenvalue weighted by atomic mass is 10.00. The van der Waals surface area contributed by atoms with E-state index < -0.39 is 0 Å². The van der Waals surface area contributed by atoms with Crippen LogP contribution in [0, 0.1) is 5.92 Å². The van der Waals surface area contributed by atoms with E-state index in [9.17, 15) is 4.79 Å². The van der Waals surface area contributed by atoms with Crippen LogP contribution in [0.15, 0.2) is 24.4 Å². The minimum Gasteiger partial charge on any atom is -0.348 e. The van der Waals surface area contributed by atoms with Crippen molar-refractivity contribution in [3.8, 4) is 0 Å². The summed E-state index contributed by atoms with van der Waals surface area (Å²) >= 11 is 0. The third kappa shape index (κ3) is 11.8. The highest BCUT2D eigenvalue weighted by Crippen LogP contribution is 2.16. The predicted molar refractivity (Wildman–Crippen MR) is 116 cm³/mol. The minimum atomic E-state index is -0.0249. The average molecular weight is 375 g/mol. The fourth-order valence-corrected chi connectivity index (χ4v) is 3.48. The van der Waals surface area contributed by atoms with Gasteiger partial charge in [-0.2, -0.15) is 0 Å². The van der Waals surface area contributed by atoms with E-state index in [1.807, 2.05) is 32.0 Å². The maximum absolute atomic E-state index is 12.3. The molecule has 2 unspecified atom stereocenters. The summed E-state index contributed by atoms with van der Waals surface area (Å²) in [5.41, 5.74) is 0.920. The van der Waals surface area contributed by atoms with Gasteiger partial charge in [0.2, 0.25) is 5.91 Å². The molecule has 1 aromatic heterocycles. The number of nitrogens with one attached hydrogen (secondary N) is 1. The first-order valence-electron chi connectivity index (χ1n) is 11.4. The Morgan fingerprint density at radius 1 is 0.889 bits per heavy atom. The van der Waals surface area contributed by atoms with Crippen LogP contribution in [0.1, 0.15) is 116 Å². The number of hydrogen-bond acceptors (Lipinski definition) is 2. The van der Waals surface area contributed by atoms with Gasteiger partial charge in [0, 0.05) is 12.1 Å². The summed E-state index contributed by atoms with van der Waals surface area (Å²) in [7, 11) is 0. The molecule has 0 aromatic carbocycles. The lowest BCUT2D eigenvalue weighted by Gasteiger charge is -2.17. The Morgan fingerprint density at radius 3 is 1.96 bits per heavy atom. The zero-order valence-electron chi connectivity index (χ0n) is 18.0. The Balaban J connectivity index is 1.97. The first-order chi connectivity index (χ1) is 13.1. The Hall–Kier alpha value is -1.38. The lowest BCUT2D eigenvalue weighted by Crippen LogP contribution is -2.31. The Morgan fingerprint density at radius 2 is 1.44 bits per heavy atom. The van der Waals surface area contributed by atoms with Crippen LogP contribution in [-0.4, -0.2) is 10.9 Å². The predicted octanol–water partition coefficient (Wildman–Crippen LogP) is 6.99. The second-order valence-electron chi connectivity index (χ2n) is 8.06. The summed E-state index contributed by atoms with van der Waals surface area (Å²) in [5.74, 6) is 0.232. The van der Waals surface area contributed by atoms with Gasteiger partial charge in [-0.05, 0) is 25.5 Å². The molecule has 1 aromatic rings. The number of carbonyl (C=O) groups is 1. The molecule has 0 aliphatic rings. The number of amides is 1. The summed E-state index contributed by atoms with van der Waals surface area (Å²) in [5, 5.41) is 3.09. The summed E-state index contributed by atoms with van der Waals surface area (Å²) in [6.45, 7) is 6.31. The van der Waals surface area contributed by atoms with Gasteiger partial charge >= 0.3 is 0 Å².